The van der Waals surface area contributed by atoms with Gasteiger partial charge in [-0.3, -0.25) is 10.8 Å². The van der Waals surface area contributed by atoms with Crippen LogP contribution in [0.15, 0.2) is 16.5 Å². The van der Waals surface area contributed by atoms with E-state index in [9.17, 15) is 5.21 Å². The standard InChI is InChI=1S/C5H12N6O2/c6-3-2(9-1-12)4(7)11(13)5(8)10-3/h5,9,11-12H,1,7-8H2,(H2,6,10). The molecule has 0 amide bonds. The van der Waals surface area contributed by atoms with Crippen LogP contribution in [0.25, 0.3) is 0 Å². The second kappa shape index (κ2) is 3.58. The minimum atomic E-state index is -1.04. The number of quaternary nitrogens is 1. The first-order chi connectivity index (χ1) is 6.07. The molecule has 8 nitrogen and oxygen atoms in total. The number of nitrogens with zero attached hydrogens (tertiary/aromatic N) is 1. The van der Waals surface area contributed by atoms with E-state index in [1.807, 2.05) is 0 Å². The number of hydrogen-bond acceptors (Lipinski definition) is 7. The molecule has 0 aliphatic carbocycles. The van der Waals surface area contributed by atoms with Crippen molar-refractivity contribution in [2.75, 3.05) is 6.73 Å². The van der Waals surface area contributed by atoms with Crippen LogP contribution in [-0.2, 0) is 0 Å². The minimum Gasteiger partial charge on any atom is -0.625 e. The molecule has 1 aliphatic rings. The van der Waals surface area contributed by atoms with Crippen LogP contribution < -0.4 is 27.6 Å². The Morgan fingerprint density at radius 1 is 1.62 bits per heavy atom. The number of amidine groups is 1. The number of nitrogens with one attached hydrogen (secondary N) is 2. The van der Waals surface area contributed by atoms with Gasteiger partial charge in [0, 0.05) is 0 Å². The predicted molar refractivity (Wildman–Crippen MR) is 45.4 cm³/mol. The summed E-state index contributed by atoms with van der Waals surface area (Å²) >= 11 is 0. The van der Waals surface area contributed by atoms with Crippen molar-refractivity contribution in [1.82, 2.24) is 5.32 Å². The highest BCUT2D eigenvalue weighted by atomic mass is 16.5. The molecule has 0 radical (unpaired) electrons. The molecule has 9 N–H and O–H groups in total. The molecule has 0 aromatic heterocycles. The number of aliphatic hydroxyl groups excluding tert-OH is 1. The number of rotatable bonds is 2. The Balaban J connectivity index is 2.95. The first kappa shape index (κ1) is 9.74. The Morgan fingerprint density at radius 3 is 2.77 bits per heavy atom. The molecule has 0 aromatic carbocycles. The molecule has 13 heavy (non-hydrogen) atoms. The molecule has 1 heterocycles. The van der Waals surface area contributed by atoms with Crippen molar-refractivity contribution in [3.63, 3.8) is 0 Å². The molecule has 0 fully saturated rings. The zero-order valence-electron chi connectivity index (χ0n) is 6.82. The van der Waals surface area contributed by atoms with E-state index in [4.69, 9.17) is 22.3 Å². The van der Waals surface area contributed by atoms with Gasteiger partial charge in [0.15, 0.2) is 11.5 Å². The minimum absolute atomic E-state index is 0.0265. The molecule has 1 aliphatic heterocycles. The van der Waals surface area contributed by atoms with E-state index < -0.39 is 11.4 Å². The van der Waals surface area contributed by atoms with Gasteiger partial charge in [-0.15, -0.1) is 0 Å². The van der Waals surface area contributed by atoms with Crippen LogP contribution in [0.5, 0.6) is 0 Å². The third-order valence-electron chi connectivity index (χ3n) is 1.59. The van der Waals surface area contributed by atoms with E-state index >= 15 is 0 Å². The largest absolute Gasteiger partial charge is 0.625 e. The number of hydroxylamine groups is 2. The van der Waals surface area contributed by atoms with Crippen LogP contribution in [0.1, 0.15) is 0 Å². The topological polar surface area (TPSA) is 150 Å². The van der Waals surface area contributed by atoms with Gasteiger partial charge in [-0.05, 0) is 0 Å². The summed E-state index contributed by atoms with van der Waals surface area (Å²) in [7, 11) is 0. The highest BCUT2D eigenvalue weighted by Gasteiger charge is 2.24. The summed E-state index contributed by atoms with van der Waals surface area (Å²) in [4.78, 5) is 3.63. The lowest BCUT2D eigenvalue weighted by atomic mass is 10.3. The summed E-state index contributed by atoms with van der Waals surface area (Å²) in [5.41, 5.74) is 16.2. The lowest BCUT2D eigenvalue weighted by Crippen LogP contribution is -3.13. The van der Waals surface area contributed by atoms with Gasteiger partial charge in [0.25, 0.3) is 0 Å². The third kappa shape index (κ3) is 1.70. The average Bonchev–Trinajstić information content (AvgIpc) is 2.09. The highest BCUT2D eigenvalue weighted by Crippen LogP contribution is 1.95. The molecule has 74 valence electrons. The summed E-state index contributed by atoms with van der Waals surface area (Å²) in [5.74, 6) is -0.0762. The number of aliphatic imine (C=N–C) groups is 1. The smallest absolute Gasteiger partial charge is 0.244 e. The molecular formula is C5H12N6O2. The summed E-state index contributed by atoms with van der Waals surface area (Å²) in [6, 6.07) is 0. The van der Waals surface area contributed by atoms with E-state index in [1.54, 1.807) is 0 Å². The fourth-order valence-corrected chi connectivity index (χ4v) is 0.958. The average molecular weight is 188 g/mol. The molecule has 0 saturated heterocycles. The van der Waals surface area contributed by atoms with Crippen molar-refractivity contribution in [2.24, 2.45) is 22.2 Å². The predicted octanol–water partition coefficient (Wildman–Crippen LogP) is -4.35. The fraction of sp³-hybridized carbons (Fsp3) is 0.400. The maximum Gasteiger partial charge on any atom is 0.244 e. The van der Waals surface area contributed by atoms with Crippen LogP contribution in [0.4, 0.5) is 0 Å². The Hall–Kier alpha value is -1.35. The first-order valence-electron chi connectivity index (χ1n) is 3.56. The van der Waals surface area contributed by atoms with E-state index in [1.165, 1.54) is 0 Å². The molecule has 0 spiro atoms. The molecule has 0 bridgehead atoms. The molecular weight excluding hydrogens is 176 g/mol. The van der Waals surface area contributed by atoms with Gasteiger partial charge < -0.3 is 27.1 Å². The normalized spacial score (nSPS) is 28.7. The number of hydrogen-bond donors (Lipinski definition) is 6. The van der Waals surface area contributed by atoms with Crippen molar-refractivity contribution in [2.45, 2.75) is 6.29 Å². The van der Waals surface area contributed by atoms with Crippen molar-refractivity contribution in [3.8, 4) is 0 Å². The van der Waals surface area contributed by atoms with E-state index in [0.717, 1.165) is 0 Å². The van der Waals surface area contributed by atoms with Crippen molar-refractivity contribution >= 4 is 5.84 Å². The lowest BCUT2D eigenvalue weighted by Gasteiger charge is -2.30. The lowest BCUT2D eigenvalue weighted by molar-refractivity contribution is -0.836. The van der Waals surface area contributed by atoms with Gasteiger partial charge >= 0.3 is 0 Å². The van der Waals surface area contributed by atoms with Gasteiger partial charge in [0.1, 0.15) is 6.73 Å². The van der Waals surface area contributed by atoms with Crippen molar-refractivity contribution in [3.05, 3.63) is 16.7 Å². The van der Waals surface area contributed by atoms with Crippen LogP contribution in [-0.4, -0.2) is 24.0 Å². The second-order valence-electron chi connectivity index (χ2n) is 2.45. The van der Waals surface area contributed by atoms with Gasteiger partial charge in [-0.25, -0.2) is 0 Å². The van der Waals surface area contributed by atoms with Gasteiger partial charge in [-0.1, -0.05) is 0 Å². The number of nitrogens with two attached hydrogens (primary N) is 3. The maximum atomic E-state index is 11.2. The highest BCUT2D eigenvalue weighted by molar-refractivity contribution is 5.97. The van der Waals surface area contributed by atoms with E-state index in [2.05, 4.69) is 10.3 Å². The SMILES string of the molecule is NC1=NC(N)[NH+]([O-])C(N)=C1NCO. The zero-order valence-corrected chi connectivity index (χ0v) is 6.82. The van der Waals surface area contributed by atoms with Gasteiger partial charge in [0.2, 0.25) is 12.1 Å². The van der Waals surface area contributed by atoms with E-state index in [-0.39, 0.29) is 24.1 Å². The van der Waals surface area contributed by atoms with Crippen molar-refractivity contribution in [1.29, 1.82) is 0 Å². The van der Waals surface area contributed by atoms with Crippen LogP contribution in [0, 0.1) is 5.21 Å². The first-order valence-corrected chi connectivity index (χ1v) is 3.56. The molecule has 0 aromatic rings. The Bertz CT molecular complexity index is 262. The molecule has 0 saturated carbocycles. The molecule has 8 heteroatoms. The van der Waals surface area contributed by atoms with Gasteiger partial charge in [0.05, 0.1) is 0 Å². The summed E-state index contributed by atoms with van der Waals surface area (Å²) in [5, 5.41) is 21.6. The van der Waals surface area contributed by atoms with Gasteiger partial charge in [-0.2, -0.15) is 4.99 Å². The monoisotopic (exact) mass is 188 g/mol. The number of aliphatic hydroxyl groups is 1. The summed E-state index contributed by atoms with van der Waals surface area (Å²) in [6.45, 7) is -0.380. The third-order valence-corrected chi connectivity index (χ3v) is 1.59. The molecule has 2 unspecified atom stereocenters. The Kier molecular flexibility index (Phi) is 2.68. The fourth-order valence-electron chi connectivity index (χ4n) is 0.958. The van der Waals surface area contributed by atoms with E-state index in [0.29, 0.717) is 0 Å². The molecule has 1 rings (SSSR count). The summed E-state index contributed by atoms with van der Waals surface area (Å²) in [6.07, 6.45) is -1.04. The van der Waals surface area contributed by atoms with Crippen LogP contribution >= 0.6 is 0 Å². The Morgan fingerprint density at radius 2 is 2.23 bits per heavy atom. The van der Waals surface area contributed by atoms with Crippen molar-refractivity contribution < 1.29 is 10.2 Å². The molecule has 2 atom stereocenters. The summed E-state index contributed by atoms with van der Waals surface area (Å²) < 4.78 is 0. The van der Waals surface area contributed by atoms with Crippen LogP contribution in [0.2, 0.25) is 0 Å². The Labute approximate surface area is 74.3 Å². The maximum absolute atomic E-state index is 11.2. The quantitative estimate of drug-likeness (QED) is 0.190. The van der Waals surface area contributed by atoms with Crippen LogP contribution in [0.3, 0.4) is 0 Å². The zero-order chi connectivity index (χ0) is 10.0. The second-order valence-corrected chi connectivity index (χ2v) is 2.45.